The molecule has 2 aliphatic heterocycles. The predicted molar refractivity (Wildman–Crippen MR) is 159 cm³/mol. The largest absolute Gasteiger partial charge is 0.479 e. The van der Waals surface area contributed by atoms with Gasteiger partial charge in [0.05, 0.1) is 23.8 Å². The van der Waals surface area contributed by atoms with E-state index in [-0.39, 0.29) is 25.5 Å². The number of hydrogen-bond acceptors (Lipinski definition) is 4. The molecule has 0 aromatic heterocycles. The van der Waals surface area contributed by atoms with Crippen molar-refractivity contribution in [2.75, 3.05) is 24.5 Å². The Morgan fingerprint density at radius 2 is 1.22 bits per heavy atom. The van der Waals surface area contributed by atoms with E-state index >= 15 is 0 Å². The van der Waals surface area contributed by atoms with Crippen LogP contribution in [0.1, 0.15) is 24.0 Å². The zero-order valence-corrected chi connectivity index (χ0v) is 23.3. The number of carbonyl (C=O) groups excluding carboxylic acids is 2. The molecule has 8 heteroatoms. The second-order valence-electron chi connectivity index (χ2n) is 10.4. The predicted octanol–water partition coefficient (Wildman–Crippen LogP) is 6.23. The molecule has 1 fully saturated rings. The highest BCUT2D eigenvalue weighted by molar-refractivity contribution is 7.99. The molecule has 4 aromatic carbocycles. The molecule has 206 valence electrons. The maximum absolute atomic E-state index is 14.3. The van der Waals surface area contributed by atoms with Crippen LogP contribution < -0.4 is 4.90 Å². The van der Waals surface area contributed by atoms with E-state index in [1.54, 1.807) is 21.6 Å². The first-order valence-corrected chi connectivity index (χ1v) is 14.3. The van der Waals surface area contributed by atoms with E-state index < -0.39 is 23.5 Å². The summed E-state index contributed by atoms with van der Waals surface area (Å²) in [6.07, 6.45) is 0. The molecule has 2 aliphatic rings. The topological polar surface area (TPSA) is 81.2 Å². The molecule has 0 spiro atoms. The van der Waals surface area contributed by atoms with Gasteiger partial charge in [-0.25, -0.2) is 9.59 Å². The Morgan fingerprint density at radius 1 is 0.732 bits per heavy atom. The molecule has 6 rings (SSSR count). The van der Waals surface area contributed by atoms with Crippen LogP contribution in [0.25, 0.3) is 0 Å². The maximum Gasteiger partial charge on any atom is 0.331 e. The smallest absolute Gasteiger partial charge is 0.331 e. The third-order valence-electron chi connectivity index (χ3n) is 7.83. The Bertz CT molecular complexity index is 1530. The second-order valence-corrected chi connectivity index (χ2v) is 11.5. The van der Waals surface area contributed by atoms with Crippen molar-refractivity contribution >= 4 is 41.0 Å². The van der Waals surface area contributed by atoms with E-state index in [0.29, 0.717) is 11.4 Å². The number of fused-ring (bicyclic) bond motifs is 2. The van der Waals surface area contributed by atoms with E-state index in [4.69, 9.17) is 0 Å². The van der Waals surface area contributed by atoms with Gasteiger partial charge < -0.3 is 14.9 Å². The number of piperazine rings is 1. The highest BCUT2D eigenvalue weighted by atomic mass is 32.2. The number of carboxylic acid groups (broad SMARTS) is 1. The summed E-state index contributed by atoms with van der Waals surface area (Å²) >= 11 is 1.58. The number of amides is 3. The number of urea groups is 1. The quantitative estimate of drug-likeness (QED) is 0.318. The van der Waals surface area contributed by atoms with Crippen LogP contribution >= 0.6 is 11.8 Å². The van der Waals surface area contributed by atoms with Gasteiger partial charge in [0.15, 0.2) is 5.54 Å². The van der Waals surface area contributed by atoms with Crippen LogP contribution in [0.3, 0.4) is 0 Å². The van der Waals surface area contributed by atoms with Crippen LogP contribution in [0.4, 0.5) is 16.2 Å². The Balaban J connectivity index is 1.34. The van der Waals surface area contributed by atoms with Crippen molar-refractivity contribution in [1.82, 2.24) is 9.80 Å². The number of anilines is 2. The molecule has 0 aliphatic carbocycles. The minimum absolute atomic E-state index is 0.0810. The van der Waals surface area contributed by atoms with E-state index in [1.165, 1.54) is 11.8 Å². The van der Waals surface area contributed by atoms with Crippen LogP contribution in [0.5, 0.6) is 0 Å². The van der Waals surface area contributed by atoms with E-state index in [9.17, 15) is 19.5 Å². The van der Waals surface area contributed by atoms with Crippen LogP contribution in [0, 0.1) is 0 Å². The molecule has 1 N–H and O–H groups in total. The molecule has 0 radical (unpaired) electrons. The summed E-state index contributed by atoms with van der Waals surface area (Å²) in [6.45, 7) is 1.70. The molecular weight excluding hydrogens is 534 g/mol. The molecule has 2 heterocycles. The average Bonchev–Trinajstić information content (AvgIpc) is 3.00. The van der Waals surface area contributed by atoms with Crippen molar-refractivity contribution in [1.29, 1.82) is 0 Å². The number of rotatable bonds is 4. The first kappa shape index (κ1) is 26.7. The molecule has 1 saturated heterocycles. The lowest BCUT2D eigenvalue weighted by Crippen LogP contribution is -2.68. The lowest BCUT2D eigenvalue weighted by atomic mass is 9.88. The summed E-state index contributed by atoms with van der Waals surface area (Å²) in [4.78, 5) is 47.8. The molecule has 7 nitrogen and oxygen atoms in total. The third-order valence-corrected chi connectivity index (χ3v) is 8.96. The van der Waals surface area contributed by atoms with Gasteiger partial charge in [-0.05, 0) is 42.3 Å². The number of para-hydroxylation sites is 2. The maximum atomic E-state index is 14.3. The highest BCUT2D eigenvalue weighted by Crippen LogP contribution is 2.48. The third kappa shape index (κ3) is 4.74. The number of nitrogens with zero attached hydrogens (tertiary/aromatic N) is 3. The normalized spacial score (nSPS) is 18.0. The van der Waals surface area contributed by atoms with Crippen molar-refractivity contribution < 1.29 is 19.5 Å². The molecular formula is C33H29N3O4S. The number of carbonyl (C=O) groups is 3. The molecule has 0 bridgehead atoms. The first-order chi connectivity index (χ1) is 19.9. The van der Waals surface area contributed by atoms with Gasteiger partial charge in [-0.2, -0.15) is 0 Å². The van der Waals surface area contributed by atoms with Gasteiger partial charge in [-0.1, -0.05) is 96.7 Å². The van der Waals surface area contributed by atoms with E-state index in [0.717, 1.165) is 20.9 Å². The minimum Gasteiger partial charge on any atom is -0.479 e. The van der Waals surface area contributed by atoms with Crippen molar-refractivity contribution in [3.05, 3.63) is 120 Å². The molecule has 4 aromatic rings. The Labute approximate surface area is 243 Å². The number of benzene rings is 4. The van der Waals surface area contributed by atoms with Crippen LogP contribution in [-0.2, 0) is 9.59 Å². The summed E-state index contributed by atoms with van der Waals surface area (Å²) in [5.41, 5.74) is 1.44. The standard InChI is InChI=1S/C33H29N3O4S/c1-33(31(38)39)22-34(30(37)29(23-12-4-2-5-13-23)24-14-6-3-7-15-24)20-21-35(33)32(40)36-25-16-8-10-18-27(25)41-28-19-11-9-17-26(28)36/h2-19,29H,20-22H2,1H3,(H,38,39)/t33-/m1/s1. The van der Waals surface area contributed by atoms with Gasteiger partial charge in [0.1, 0.15) is 0 Å². The highest BCUT2D eigenvalue weighted by Gasteiger charge is 2.50. The van der Waals surface area contributed by atoms with Crippen molar-refractivity contribution in [3.8, 4) is 0 Å². The molecule has 41 heavy (non-hydrogen) atoms. The monoisotopic (exact) mass is 563 g/mol. The fraction of sp³-hybridized carbons (Fsp3) is 0.182. The SMILES string of the molecule is C[C@]1(C(=O)O)CN(C(=O)C(c2ccccc2)c2ccccc2)CCN1C(=O)N1c2ccccc2Sc2ccccc21. The summed E-state index contributed by atoms with van der Waals surface area (Å²) in [7, 11) is 0. The molecule has 3 amide bonds. The van der Waals surface area contributed by atoms with Gasteiger partial charge in [-0.3, -0.25) is 9.69 Å². The Morgan fingerprint density at radius 3 is 1.73 bits per heavy atom. The first-order valence-electron chi connectivity index (χ1n) is 13.5. The molecule has 0 unspecified atom stereocenters. The van der Waals surface area contributed by atoms with E-state index in [2.05, 4.69) is 0 Å². The summed E-state index contributed by atoms with van der Waals surface area (Å²) in [5, 5.41) is 10.5. The van der Waals surface area contributed by atoms with Crippen LogP contribution in [0.15, 0.2) is 119 Å². The summed E-state index contributed by atoms with van der Waals surface area (Å²) in [5.74, 6) is -1.94. The molecule has 1 atom stereocenters. The lowest BCUT2D eigenvalue weighted by Gasteiger charge is -2.48. The number of hydrogen-bond donors (Lipinski definition) is 1. The Hall–Kier alpha value is -4.56. The van der Waals surface area contributed by atoms with Crippen molar-refractivity contribution in [3.63, 3.8) is 0 Å². The van der Waals surface area contributed by atoms with Gasteiger partial charge >= 0.3 is 12.0 Å². The number of aliphatic carboxylic acids is 1. The minimum atomic E-state index is -1.64. The van der Waals surface area contributed by atoms with Crippen LogP contribution in [-0.4, -0.2) is 58.0 Å². The lowest BCUT2D eigenvalue weighted by molar-refractivity contribution is -0.155. The average molecular weight is 564 g/mol. The van der Waals surface area contributed by atoms with Crippen LogP contribution in [0.2, 0.25) is 0 Å². The van der Waals surface area contributed by atoms with Crippen molar-refractivity contribution in [2.45, 2.75) is 28.2 Å². The summed E-state index contributed by atoms with van der Waals surface area (Å²) in [6, 6.07) is 33.8. The number of carboxylic acids is 1. The van der Waals surface area contributed by atoms with E-state index in [1.807, 2.05) is 109 Å². The summed E-state index contributed by atoms with van der Waals surface area (Å²) < 4.78 is 0. The van der Waals surface area contributed by atoms with Crippen molar-refractivity contribution in [2.24, 2.45) is 0 Å². The zero-order chi connectivity index (χ0) is 28.6. The Kier molecular flexibility index (Phi) is 7.01. The van der Waals surface area contributed by atoms with Gasteiger partial charge in [0.25, 0.3) is 0 Å². The fourth-order valence-electron chi connectivity index (χ4n) is 5.66. The van der Waals surface area contributed by atoms with Gasteiger partial charge in [0, 0.05) is 22.9 Å². The molecule has 0 saturated carbocycles. The van der Waals surface area contributed by atoms with Gasteiger partial charge in [0.2, 0.25) is 5.91 Å². The van der Waals surface area contributed by atoms with Gasteiger partial charge in [-0.15, -0.1) is 0 Å². The zero-order valence-electron chi connectivity index (χ0n) is 22.5. The fourth-order valence-corrected chi connectivity index (χ4v) is 6.72. The second kappa shape index (κ2) is 10.8.